The molecule has 2 aromatic rings. The van der Waals surface area contributed by atoms with Crippen LogP contribution in [0.25, 0.3) is 0 Å². The Balaban J connectivity index is 2.24. The molecule has 2 rings (SSSR count). The number of nitrogens with two attached hydrogens (primary N) is 1. The van der Waals surface area contributed by atoms with Crippen LogP contribution in [0, 0.1) is 6.92 Å². The quantitative estimate of drug-likeness (QED) is 0.574. The Labute approximate surface area is 117 Å². The second-order valence-electron chi connectivity index (χ2n) is 3.77. The number of nitrogens with one attached hydrogen (secondary N) is 3. The van der Waals surface area contributed by atoms with Gasteiger partial charge in [0.2, 0.25) is 11.0 Å². The number of nitrogen functional groups attached to an aromatic ring is 1. The third-order valence-electron chi connectivity index (χ3n) is 2.14. The number of nitrogens with zero attached hydrogens (tertiary/aromatic N) is 3. The van der Waals surface area contributed by atoms with Crippen molar-refractivity contribution in [2.75, 3.05) is 15.8 Å². The molecule has 0 fully saturated rings. The molecular weight excluding hydrogens is 306 g/mol. The lowest BCUT2D eigenvalue weighted by Gasteiger charge is -2.01. The fourth-order valence-electron chi connectivity index (χ4n) is 1.21. The Morgan fingerprint density at radius 2 is 2.10 bits per heavy atom. The molecule has 20 heavy (non-hydrogen) atoms. The second kappa shape index (κ2) is 5.05. The van der Waals surface area contributed by atoms with Gasteiger partial charge in [-0.25, -0.2) is 0 Å². The molecule has 0 aliphatic rings. The van der Waals surface area contributed by atoms with E-state index in [4.69, 9.17) is 5.73 Å². The topological polar surface area (TPSA) is 156 Å². The molecule has 0 saturated heterocycles. The molecule has 5 N–H and O–H groups in total. The molecule has 0 aliphatic carbocycles. The molecule has 0 radical (unpaired) electrons. The van der Waals surface area contributed by atoms with Gasteiger partial charge in [-0.3, -0.25) is 14.6 Å². The molecule has 0 unspecified atom stereocenters. The summed E-state index contributed by atoms with van der Waals surface area (Å²) in [5.41, 5.74) is 6.38. The third-order valence-corrected chi connectivity index (χ3v) is 4.69. The van der Waals surface area contributed by atoms with E-state index < -0.39 is 10.0 Å². The van der Waals surface area contributed by atoms with Crippen LogP contribution in [0.4, 0.5) is 16.6 Å². The maximum atomic E-state index is 12.0. The number of carbonyl (C=O) groups is 1. The first-order valence-corrected chi connectivity index (χ1v) is 7.54. The van der Waals surface area contributed by atoms with Gasteiger partial charge < -0.3 is 11.1 Å². The maximum absolute atomic E-state index is 12.0. The zero-order valence-electron chi connectivity index (χ0n) is 10.5. The summed E-state index contributed by atoms with van der Waals surface area (Å²) in [6.45, 7) is 2.93. The summed E-state index contributed by atoms with van der Waals surface area (Å²) >= 11 is 0.717. The van der Waals surface area contributed by atoms with E-state index in [0.29, 0.717) is 17.0 Å². The minimum Gasteiger partial charge on any atom is -0.394 e. The number of H-pyrrole nitrogens is 1. The van der Waals surface area contributed by atoms with Crippen molar-refractivity contribution in [1.82, 2.24) is 20.4 Å². The van der Waals surface area contributed by atoms with Crippen LogP contribution in [0.2, 0.25) is 0 Å². The molecule has 0 aromatic carbocycles. The monoisotopic (exact) mass is 317 g/mol. The summed E-state index contributed by atoms with van der Waals surface area (Å²) in [5.74, 6) is -0.385. The largest absolute Gasteiger partial charge is 0.394 e. The van der Waals surface area contributed by atoms with E-state index in [9.17, 15) is 13.2 Å². The van der Waals surface area contributed by atoms with Crippen LogP contribution in [-0.4, -0.2) is 34.7 Å². The van der Waals surface area contributed by atoms with Gasteiger partial charge in [0, 0.05) is 6.92 Å². The Morgan fingerprint density at radius 3 is 2.65 bits per heavy atom. The number of rotatable bonds is 4. The fourth-order valence-corrected chi connectivity index (χ4v) is 3.18. The van der Waals surface area contributed by atoms with Crippen molar-refractivity contribution in [1.29, 1.82) is 0 Å². The van der Waals surface area contributed by atoms with Crippen LogP contribution in [0.5, 0.6) is 0 Å². The number of carbonyl (C=O) groups excluding carboxylic acids is 1. The number of sulfonamides is 1. The van der Waals surface area contributed by atoms with Gasteiger partial charge in [-0.05, 0) is 6.92 Å². The lowest BCUT2D eigenvalue weighted by atomic mass is 10.4. The van der Waals surface area contributed by atoms with Crippen molar-refractivity contribution < 1.29 is 13.2 Å². The number of hydrogen-bond donors (Lipinski definition) is 4. The summed E-state index contributed by atoms with van der Waals surface area (Å²) in [7, 11) is -3.96. The summed E-state index contributed by atoms with van der Waals surface area (Å²) in [5, 5.41) is 15.8. The Morgan fingerprint density at radius 1 is 1.40 bits per heavy atom. The van der Waals surface area contributed by atoms with Gasteiger partial charge >= 0.3 is 0 Å². The van der Waals surface area contributed by atoms with Crippen LogP contribution in [-0.2, 0) is 14.8 Å². The van der Waals surface area contributed by atoms with E-state index >= 15 is 0 Å². The number of amides is 1. The molecule has 0 saturated carbocycles. The lowest BCUT2D eigenvalue weighted by molar-refractivity contribution is -0.114. The standard InChI is InChI=1S/C8H11N7O3S2/c1-3-5(9)6(12-11-3)15-20(17,18)8-14-13-7(19-8)10-4(2)16/h9H2,1-2H3,(H,10,13,16)(H2,11,12,15). The molecule has 108 valence electrons. The van der Waals surface area contributed by atoms with E-state index in [-0.39, 0.29) is 26.9 Å². The molecule has 10 nitrogen and oxygen atoms in total. The molecule has 1 amide bonds. The molecule has 0 bridgehead atoms. The highest BCUT2D eigenvalue weighted by Gasteiger charge is 2.23. The lowest BCUT2D eigenvalue weighted by Crippen LogP contribution is -2.14. The van der Waals surface area contributed by atoms with E-state index in [1.807, 2.05) is 0 Å². The average Bonchev–Trinajstić information content (AvgIpc) is 2.91. The minimum absolute atomic E-state index is 0.0150. The van der Waals surface area contributed by atoms with Crippen LogP contribution >= 0.6 is 11.3 Å². The Kier molecular flexibility index (Phi) is 3.59. The van der Waals surface area contributed by atoms with Crippen molar-refractivity contribution in [3.8, 4) is 0 Å². The van der Waals surface area contributed by atoms with Gasteiger partial charge in [0.15, 0.2) is 5.82 Å². The van der Waals surface area contributed by atoms with Crippen molar-refractivity contribution in [2.45, 2.75) is 18.2 Å². The number of aromatic amines is 1. The Hall–Kier alpha value is -2.21. The van der Waals surface area contributed by atoms with E-state index in [2.05, 4.69) is 30.4 Å². The number of anilines is 3. The van der Waals surface area contributed by atoms with Gasteiger partial charge in [-0.2, -0.15) is 13.5 Å². The summed E-state index contributed by atoms with van der Waals surface area (Å²) in [6.07, 6.45) is 0. The predicted octanol–water partition coefficient (Wildman–Crippen LogP) is -0.0890. The smallest absolute Gasteiger partial charge is 0.292 e. The molecule has 2 aromatic heterocycles. The first-order valence-electron chi connectivity index (χ1n) is 5.24. The zero-order chi connectivity index (χ0) is 14.9. The summed E-state index contributed by atoms with van der Waals surface area (Å²) in [6, 6.07) is 0. The third kappa shape index (κ3) is 2.85. The normalized spacial score (nSPS) is 11.3. The molecular formula is C8H11N7O3S2. The highest BCUT2D eigenvalue weighted by Crippen LogP contribution is 2.25. The minimum atomic E-state index is -3.96. The maximum Gasteiger partial charge on any atom is 0.292 e. The van der Waals surface area contributed by atoms with Gasteiger partial charge in [-0.15, -0.1) is 10.2 Å². The van der Waals surface area contributed by atoms with Crippen molar-refractivity contribution in [2.24, 2.45) is 0 Å². The first-order chi connectivity index (χ1) is 9.29. The van der Waals surface area contributed by atoms with E-state index in [0.717, 1.165) is 0 Å². The summed E-state index contributed by atoms with van der Waals surface area (Å²) in [4.78, 5) is 10.8. The summed E-state index contributed by atoms with van der Waals surface area (Å²) < 4.78 is 26.0. The van der Waals surface area contributed by atoms with Crippen LogP contribution < -0.4 is 15.8 Å². The number of aryl methyl sites for hydroxylation is 1. The average molecular weight is 317 g/mol. The molecule has 12 heteroatoms. The predicted molar refractivity (Wildman–Crippen MR) is 72.8 cm³/mol. The molecule has 2 heterocycles. The van der Waals surface area contributed by atoms with Crippen molar-refractivity contribution in [3.63, 3.8) is 0 Å². The van der Waals surface area contributed by atoms with Crippen LogP contribution in [0.15, 0.2) is 4.34 Å². The zero-order valence-corrected chi connectivity index (χ0v) is 12.1. The van der Waals surface area contributed by atoms with E-state index in [1.165, 1.54) is 6.92 Å². The van der Waals surface area contributed by atoms with Gasteiger partial charge in [-0.1, -0.05) is 11.3 Å². The molecule has 0 spiro atoms. The Bertz CT molecular complexity index is 748. The van der Waals surface area contributed by atoms with Gasteiger partial charge in [0.05, 0.1) is 11.4 Å². The molecule has 0 atom stereocenters. The highest BCUT2D eigenvalue weighted by molar-refractivity contribution is 7.94. The highest BCUT2D eigenvalue weighted by atomic mass is 32.2. The fraction of sp³-hybridized carbons (Fsp3) is 0.250. The first kappa shape index (κ1) is 14.2. The van der Waals surface area contributed by atoms with Gasteiger partial charge in [0.1, 0.15) is 0 Å². The van der Waals surface area contributed by atoms with Crippen LogP contribution in [0.1, 0.15) is 12.6 Å². The van der Waals surface area contributed by atoms with E-state index in [1.54, 1.807) is 6.92 Å². The molecule has 0 aliphatic heterocycles. The van der Waals surface area contributed by atoms with Crippen molar-refractivity contribution in [3.05, 3.63) is 5.69 Å². The van der Waals surface area contributed by atoms with Crippen molar-refractivity contribution >= 4 is 43.9 Å². The van der Waals surface area contributed by atoms with Crippen LogP contribution in [0.3, 0.4) is 0 Å². The van der Waals surface area contributed by atoms with Gasteiger partial charge in [0.25, 0.3) is 14.4 Å². The second-order valence-corrected chi connectivity index (χ2v) is 6.60. The SMILES string of the molecule is CC(=O)Nc1nnc(S(=O)(=O)Nc2n[nH]c(C)c2N)s1. The number of hydrogen-bond acceptors (Lipinski definition) is 8. The number of aromatic nitrogens is 4.